The molecule has 15 heavy (non-hydrogen) atoms. The van der Waals surface area contributed by atoms with Crippen LogP contribution in [0.15, 0.2) is 0 Å². The summed E-state index contributed by atoms with van der Waals surface area (Å²) in [6, 6.07) is 0. The van der Waals surface area contributed by atoms with E-state index in [0.717, 1.165) is 32.2 Å². The van der Waals surface area contributed by atoms with Crippen LogP contribution in [-0.2, 0) is 4.79 Å². The van der Waals surface area contributed by atoms with E-state index in [4.69, 9.17) is 11.6 Å². The number of nitrogens with one attached hydrogen (secondary N) is 1. The fraction of sp³-hybridized carbons (Fsp3) is 0.917. The molecule has 0 bridgehead atoms. The smallest absolute Gasteiger partial charge is 0.220 e. The molecule has 0 saturated carbocycles. The Morgan fingerprint density at radius 2 is 2.00 bits per heavy atom. The molecule has 0 aliphatic heterocycles. The number of amides is 1. The van der Waals surface area contributed by atoms with Gasteiger partial charge in [0.15, 0.2) is 0 Å². The zero-order valence-electron chi connectivity index (χ0n) is 10.2. The first kappa shape index (κ1) is 14.8. The highest BCUT2D eigenvalue weighted by molar-refractivity contribution is 6.17. The molecule has 0 atom stereocenters. The molecule has 1 amide bonds. The van der Waals surface area contributed by atoms with Gasteiger partial charge in [0, 0.05) is 18.8 Å². The standard InChI is InChI=1S/C12H24ClNO/c1-4-5-6-7-11(15)14-10-12(2,3)8-9-13/h4-10H2,1-3H3,(H,14,15). The average molecular weight is 234 g/mol. The third-order valence-corrected chi connectivity index (χ3v) is 2.73. The zero-order valence-corrected chi connectivity index (χ0v) is 11.0. The second-order valence-corrected chi connectivity index (χ2v) is 5.21. The molecule has 0 aromatic rings. The number of alkyl halides is 1. The highest BCUT2D eigenvalue weighted by Gasteiger charge is 2.17. The van der Waals surface area contributed by atoms with Gasteiger partial charge in [-0.25, -0.2) is 0 Å². The molecule has 0 heterocycles. The number of rotatable bonds is 8. The summed E-state index contributed by atoms with van der Waals surface area (Å²) in [6.45, 7) is 7.12. The van der Waals surface area contributed by atoms with Crippen molar-refractivity contribution in [2.75, 3.05) is 12.4 Å². The van der Waals surface area contributed by atoms with Crippen LogP contribution < -0.4 is 5.32 Å². The van der Waals surface area contributed by atoms with Gasteiger partial charge in [-0.1, -0.05) is 33.6 Å². The van der Waals surface area contributed by atoms with Crippen LogP contribution in [0, 0.1) is 5.41 Å². The molecule has 2 nitrogen and oxygen atoms in total. The molecular formula is C12H24ClNO. The average Bonchev–Trinajstić information content (AvgIpc) is 2.15. The van der Waals surface area contributed by atoms with E-state index in [1.54, 1.807) is 0 Å². The lowest BCUT2D eigenvalue weighted by Gasteiger charge is -2.23. The van der Waals surface area contributed by atoms with E-state index < -0.39 is 0 Å². The van der Waals surface area contributed by atoms with Gasteiger partial charge >= 0.3 is 0 Å². The SMILES string of the molecule is CCCCCC(=O)NCC(C)(C)CCCl. The molecule has 0 aromatic carbocycles. The monoisotopic (exact) mass is 233 g/mol. The maximum Gasteiger partial charge on any atom is 0.220 e. The van der Waals surface area contributed by atoms with E-state index in [9.17, 15) is 4.79 Å². The molecule has 0 aliphatic rings. The van der Waals surface area contributed by atoms with E-state index in [1.807, 2.05) is 0 Å². The third-order valence-electron chi connectivity index (χ3n) is 2.54. The van der Waals surface area contributed by atoms with Gasteiger partial charge in [-0.05, 0) is 18.3 Å². The Morgan fingerprint density at radius 1 is 1.33 bits per heavy atom. The summed E-state index contributed by atoms with van der Waals surface area (Å²) in [4.78, 5) is 11.4. The van der Waals surface area contributed by atoms with Crippen molar-refractivity contribution >= 4 is 17.5 Å². The topological polar surface area (TPSA) is 29.1 Å². The molecule has 0 spiro atoms. The Bertz CT molecular complexity index is 180. The lowest BCUT2D eigenvalue weighted by atomic mass is 9.90. The fourth-order valence-electron chi connectivity index (χ4n) is 1.31. The van der Waals surface area contributed by atoms with Crippen molar-refractivity contribution in [1.29, 1.82) is 0 Å². The molecule has 0 rings (SSSR count). The summed E-state index contributed by atoms with van der Waals surface area (Å²) in [5, 5.41) is 2.97. The summed E-state index contributed by atoms with van der Waals surface area (Å²) < 4.78 is 0. The first-order chi connectivity index (χ1) is 7.02. The lowest BCUT2D eigenvalue weighted by Crippen LogP contribution is -2.34. The minimum Gasteiger partial charge on any atom is -0.356 e. The van der Waals surface area contributed by atoms with E-state index >= 15 is 0 Å². The maximum atomic E-state index is 11.4. The lowest BCUT2D eigenvalue weighted by molar-refractivity contribution is -0.121. The van der Waals surface area contributed by atoms with Crippen LogP contribution >= 0.6 is 11.6 Å². The van der Waals surface area contributed by atoms with Gasteiger partial charge in [0.2, 0.25) is 5.91 Å². The van der Waals surface area contributed by atoms with E-state index in [2.05, 4.69) is 26.1 Å². The van der Waals surface area contributed by atoms with Gasteiger partial charge in [0.1, 0.15) is 0 Å². The number of unbranched alkanes of at least 4 members (excludes halogenated alkanes) is 2. The van der Waals surface area contributed by atoms with Gasteiger partial charge in [-0.3, -0.25) is 4.79 Å². The summed E-state index contributed by atoms with van der Waals surface area (Å²) in [7, 11) is 0. The Kier molecular flexibility index (Phi) is 7.85. The van der Waals surface area contributed by atoms with Crippen molar-refractivity contribution in [2.45, 2.75) is 52.9 Å². The quantitative estimate of drug-likeness (QED) is 0.506. The Morgan fingerprint density at radius 3 is 2.53 bits per heavy atom. The van der Waals surface area contributed by atoms with Crippen molar-refractivity contribution in [3.63, 3.8) is 0 Å². The van der Waals surface area contributed by atoms with Gasteiger partial charge < -0.3 is 5.32 Å². The zero-order chi connectivity index (χ0) is 11.7. The predicted octanol–water partition coefficient (Wildman–Crippen LogP) is 3.34. The van der Waals surface area contributed by atoms with Gasteiger partial charge in [0.25, 0.3) is 0 Å². The predicted molar refractivity (Wildman–Crippen MR) is 66.3 cm³/mol. The van der Waals surface area contributed by atoms with Crippen LogP contribution in [0.1, 0.15) is 52.9 Å². The maximum absolute atomic E-state index is 11.4. The second kappa shape index (κ2) is 7.98. The summed E-state index contributed by atoms with van der Waals surface area (Å²) in [5.74, 6) is 0.824. The molecule has 0 unspecified atom stereocenters. The van der Waals surface area contributed by atoms with Crippen LogP contribution in [0.5, 0.6) is 0 Å². The Hall–Kier alpha value is -0.240. The molecule has 0 aliphatic carbocycles. The van der Waals surface area contributed by atoms with Crippen molar-refractivity contribution in [1.82, 2.24) is 5.32 Å². The van der Waals surface area contributed by atoms with Gasteiger partial charge in [0.05, 0.1) is 0 Å². The Balaban J connectivity index is 3.60. The number of carbonyl (C=O) groups excluding carboxylic acids is 1. The van der Waals surface area contributed by atoms with Crippen LogP contribution in [0.4, 0.5) is 0 Å². The normalized spacial score (nSPS) is 11.5. The largest absolute Gasteiger partial charge is 0.356 e. The Labute approximate surface area is 98.8 Å². The number of hydrogen-bond acceptors (Lipinski definition) is 1. The number of carbonyl (C=O) groups is 1. The summed E-state index contributed by atoms with van der Waals surface area (Å²) in [5.41, 5.74) is 0.113. The van der Waals surface area contributed by atoms with Crippen LogP contribution in [-0.4, -0.2) is 18.3 Å². The van der Waals surface area contributed by atoms with Crippen LogP contribution in [0.25, 0.3) is 0 Å². The van der Waals surface area contributed by atoms with Crippen LogP contribution in [0.3, 0.4) is 0 Å². The number of halogens is 1. The molecule has 0 fully saturated rings. The molecule has 3 heteroatoms. The van der Waals surface area contributed by atoms with Gasteiger partial charge in [-0.15, -0.1) is 11.6 Å². The molecule has 0 radical (unpaired) electrons. The van der Waals surface area contributed by atoms with E-state index in [-0.39, 0.29) is 11.3 Å². The minimum absolute atomic E-state index is 0.113. The highest BCUT2D eigenvalue weighted by Crippen LogP contribution is 2.19. The molecule has 90 valence electrons. The van der Waals surface area contributed by atoms with E-state index in [1.165, 1.54) is 0 Å². The molecule has 0 saturated heterocycles. The first-order valence-electron chi connectivity index (χ1n) is 5.84. The molecule has 0 aromatic heterocycles. The first-order valence-corrected chi connectivity index (χ1v) is 6.38. The van der Waals surface area contributed by atoms with Crippen molar-refractivity contribution in [3.8, 4) is 0 Å². The minimum atomic E-state index is 0.113. The van der Waals surface area contributed by atoms with Gasteiger partial charge in [-0.2, -0.15) is 0 Å². The third kappa shape index (κ3) is 8.73. The fourth-order valence-corrected chi connectivity index (χ4v) is 1.82. The van der Waals surface area contributed by atoms with Crippen molar-refractivity contribution in [3.05, 3.63) is 0 Å². The molecular weight excluding hydrogens is 210 g/mol. The van der Waals surface area contributed by atoms with E-state index in [0.29, 0.717) is 12.3 Å². The highest BCUT2D eigenvalue weighted by atomic mass is 35.5. The van der Waals surface area contributed by atoms with Crippen molar-refractivity contribution in [2.24, 2.45) is 5.41 Å². The summed E-state index contributed by atoms with van der Waals surface area (Å²) in [6.07, 6.45) is 4.89. The van der Waals surface area contributed by atoms with Crippen molar-refractivity contribution < 1.29 is 4.79 Å². The number of hydrogen-bond donors (Lipinski definition) is 1. The molecule has 1 N–H and O–H groups in total. The summed E-state index contributed by atoms with van der Waals surface area (Å²) >= 11 is 5.69. The second-order valence-electron chi connectivity index (χ2n) is 4.84. The van der Waals surface area contributed by atoms with Crippen LogP contribution in [0.2, 0.25) is 0 Å².